The Morgan fingerprint density at radius 1 is 1.09 bits per heavy atom. The average Bonchev–Trinajstić information content (AvgIpc) is 2.94. The molecule has 0 spiro atoms. The van der Waals surface area contributed by atoms with E-state index >= 15 is 0 Å². The van der Waals surface area contributed by atoms with E-state index in [1.807, 2.05) is 17.8 Å². The highest BCUT2D eigenvalue weighted by Crippen LogP contribution is 2.37. The molecule has 172 valence electrons. The number of benzene rings is 2. The van der Waals surface area contributed by atoms with Crippen LogP contribution < -0.4 is 4.74 Å². The fourth-order valence-electron chi connectivity index (χ4n) is 4.88. The van der Waals surface area contributed by atoms with E-state index in [4.69, 9.17) is 4.74 Å². The van der Waals surface area contributed by atoms with Crippen LogP contribution in [0, 0.1) is 5.92 Å². The minimum absolute atomic E-state index is 0.211. The van der Waals surface area contributed by atoms with Gasteiger partial charge in [0.15, 0.2) is 0 Å². The molecule has 0 unspecified atom stereocenters. The third kappa shape index (κ3) is 5.68. The molecule has 2 aromatic carbocycles. The van der Waals surface area contributed by atoms with Crippen LogP contribution in [0.5, 0.6) is 5.75 Å². The van der Waals surface area contributed by atoms with Gasteiger partial charge in [-0.1, -0.05) is 37.3 Å². The first-order valence-corrected chi connectivity index (χ1v) is 12.8. The van der Waals surface area contributed by atoms with Crippen molar-refractivity contribution in [3.05, 3.63) is 59.7 Å². The molecule has 5 heteroatoms. The highest BCUT2D eigenvalue weighted by molar-refractivity contribution is 8.00. The van der Waals surface area contributed by atoms with Crippen LogP contribution in [-0.4, -0.2) is 53.7 Å². The van der Waals surface area contributed by atoms with Crippen molar-refractivity contribution in [1.82, 2.24) is 9.80 Å². The Hall–Kier alpha value is -1.98. The summed E-state index contributed by atoms with van der Waals surface area (Å²) in [5, 5.41) is 0.363. The summed E-state index contributed by atoms with van der Waals surface area (Å²) in [6, 6.07) is 17.3. The first kappa shape index (κ1) is 23.2. The molecule has 1 saturated heterocycles. The van der Waals surface area contributed by atoms with E-state index in [1.54, 1.807) is 7.11 Å². The number of carbonyl (C=O) groups is 1. The number of piperidine rings is 1. The monoisotopic (exact) mass is 452 g/mol. The molecule has 0 aliphatic carbocycles. The summed E-state index contributed by atoms with van der Waals surface area (Å²) in [5.41, 5.74) is 2.64. The summed E-state index contributed by atoms with van der Waals surface area (Å²) >= 11 is 1.87. The first-order valence-electron chi connectivity index (χ1n) is 11.9. The van der Waals surface area contributed by atoms with Crippen molar-refractivity contribution >= 4 is 17.7 Å². The van der Waals surface area contributed by atoms with Crippen molar-refractivity contribution in [2.45, 2.75) is 62.3 Å². The SMILES string of the molecule is COc1ccc2c(c1)CN(C(=O)CCN1CCC(Cc3ccccc3)CC1)[C@@H](C)[C@@H](C)S2. The maximum absolute atomic E-state index is 13.3. The number of likely N-dealkylation sites (tertiary alicyclic amines) is 1. The van der Waals surface area contributed by atoms with Crippen LogP contribution in [0.25, 0.3) is 0 Å². The molecule has 4 rings (SSSR count). The van der Waals surface area contributed by atoms with E-state index < -0.39 is 0 Å². The van der Waals surface area contributed by atoms with Gasteiger partial charge in [-0.25, -0.2) is 0 Å². The van der Waals surface area contributed by atoms with Crippen LogP contribution in [0.15, 0.2) is 53.4 Å². The minimum Gasteiger partial charge on any atom is -0.497 e. The smallest absolute Gasteiger partial charge is 0.224 e. The number of carbonyl (C=O) groups excluding carboxylic acids is 1. The summed E-state index contributed by atoms with van der Waals surface area (Å²) in [6.07, 6.45) is 4.23. The van der Waals surface area contributed by atoms with Gasteiger partial charge < -0.3 is 14.5 Å². The van der Waals surface area contributed by atoms with Crippen LogP contribution in [0.1, 0.15) is 44.2 Å². The highest BCUT2D eigenvalue weighted by atomic mass is 32.2. The lowest BCUT2D eigenvalue weighted by Gasteiger charge is -2.34. The standard InChI is InChI=1S/C27H36N2O2S/c1-20-21(2)32-26-10-9-25(31-3)18-24(26)19-29(20)27(30)13-16-28-14-11-23(12-15-28)17-22-7-5-4-6-8-22/h4-10,18,20-21,23H,11-17,19H2,1-3H3/t20-,21+/m0/s1. The minimum atomic E-state index is 0.211. The second kappa shape index (κ2) is 10.8. The van der Waals surface area contributed by atoms with E-state index in [0.29, 0.717) is 18.2 Å². The number of nitrogens with zero attached hydrogens (tertiary/aromatic N) is 2. The van der Waals surface area contributed by atoms with Crippen molar-refractivity contribution in [2.75, 3.05) is 26.7 Å². The number of ether oxygens (including phenoxy) is 1. The summed E-state index contributed by atoms with van der Waals surface area (Å²) in [4.78, 5) is 19.1. The third-order valence-electron chi connectivity index (χ3n) is 7.13. The fourth-order valence-corrected chi connectivity index (χ4v) is 6.04. The van der Waals surface area contributed by atoms with E-state index in [9.17, 15) is 4.79 Å². The lowest BCUT2D eigenvalue weighted by atomic mass is 9.90. The Balaban J connectivity index is 1.30. The number of amides is 1. The van der Waals surface area contributed by atoms with E-state index in [1.165, 1.54) is 35.3 Å². The highest BCUT2D eigenvalue weighted by Gasteiger charge is 2.30. The molecule has 0 radical (unpaired) electrons. The maximum atomic E-state index is 13.3. The molecule has 2 aliphatic rings. The van der Waals surface area contributed by atoms with Crippen molar-refractivity contribution in [3.8, 4) is 5.75 Å². The number of thioether (sulfide) groups is 1. The largest absolute Gasteiger partial charge is 0.497 e. The molecule has 1 fully saturated rings. The molecular weight excluding hydrogens is 416 g/mol. The van der Waals surface area contributed by atoms with Gasteiger partial charge in [0.05, 0.1) is 7.11 Å². The van der Waals surface area contributed by atoms with Gasteiger partial charge in [0, 0.05) is 35.7 Å². The Kier molecular flexibility index (Phi) is 7.80. The maximum Gasteiger partial charge on any atom is 0.224 e. The molecule has 0 aromatic heterocycles. The number of rotatable bonds is 6. The Labute approximate surface area is 197 Å². The van der Waals surface area contributed by atoms with Crippen LogP contribution in [0.2, 0.25) is 0 Å². The van der Waals surface area contributed by atoms with Gasteiger partial charge in [-0.15, -0.1) is 11.8 Å². The summed E-state index contributed by atoms with van der Waals surface area (Å²) in [6.45, 7) is 8.16. The van der Waals surface area contributed by atoms with Gasteiger partial charge in [0.25, 0.3) is 0 Å². The molecule has 2 atom stereocenters. The van der Waals surface area contributed by atoms with Crippen molar-refractivity contribution in [2.24, 2.45) is 5.92 Å². The van der Waals surface area contributed by atoms with Gasteiger partial charge in [0.2, 0.25) is 5.91 Å². The van der Waals surface area contributed by atoms with Crippen LogP contribution in [0.4, 0.5) is 0 Å². The number of hydrogen-bond acceptors (Lipinski definition) is 4. The van der Waals surface area contributed by atoms with Gasteiger partial charge in [-0.05, 0) is 74.5 Å². The van der Waals surface area contributed by atoms with E-state index in [2.05, 4.69) is 66.1 Å². The zero-order chi connectivity index (χ0) is 22.5. The summed E-state index contributed by atoms with van der Waals surface area (Å²) < 4.78 is 5.42. The van der Waals surface area contributed by atoms with Crippen LogP contribution >= 0.6 is 11.8 Å². The predicted octanol–water partition coefficient (Wildman–Crippen LogP) is 5.25. The third-order valence-corrected chi connectivity index (χ3v) is 8.55. The quantitative estimate of drug-likeness (QED) is 0.599. The van der Waals surface area contributed by atoms with Crippen molar-refractivity contribution in [3.63, 3.8) is 0 Å². The molecule has 0 bridgehead atoms. The van der Waals surface area contributed by atoms with Crippen molar-refractivity contribution in [1.29, 1.82) is 0 Å². The molecule has 0 saturated carbocycles. The molecule has 2 heterocycles. The Morgan fingerprint density at radius 3 is 2.56 bits per heavy atom. The van der Waals surface area contributed by atoms with Crippen LogP contribution in [-0.2, 0) is 17.8 Å². The molecule has 2 aliphatic heterocycles. The molecule has 2 aromatic rings. The van der Waals surface area contributed by atoms with Gasteiger partial charge in [-0.2, -0.15) is 0 Å². The van der Waals surface area contributed by atoms with Gasteiger partial charge in [0.1, 0.15) is 5.75 Å². The Morgan fingerprint density at radius 2 is 1.84 bits per heavy atom. The number of methoxy groups -OCH3 is 1. The molecule has 0 N–H and O–H groups in total. The molecule has 32 heavy (non-hydrogen) atoms. The zero-order valence-corrected chi connectivity index (χ0v) is 20.4. The van der Waals surface area contributed by atoms with Crippen molar-refractivity contribution < 1.29 is 9.53 Å². The van der Waals surface area contributed by atoms with Crippen LogP contribution in [0.3, 0.4) is 0 Å². The average molecular weight is 453 g/mol. The zero-order valence-electron chi connectivity index (χ0n) is 19.6. The molecule has 1 amide bonds. The number of fused-ring (bicyclic) bond motifs is 1. The molecule has 4 nitrogen and oxygen atoms in total. The molecular formula is C27H36N2O2S. The summed E-state index contributed by atoms with van der Waals surface area (Å²) in [7, 11) is 1.70. The van der Waals surface area contributed by atoms with Gasteiger partial charge in [-0.3, -0.25) is 4.79 Å². The summed E-state index contributed by atoms with van der Waals surface area (Å²) in [5.74, 6) is 1.89. The fraction of sp³-hybridized carbons (Fsp3) is 0.519. The normalized spacial score (nSPS) is 22.3. The second-order valence-corrected chi connectivity index (χ2v) is 10.7. The number of hydrogen-bond donors (Lipinski definition) is 0. The second-order valence-electron chi connectivity index (χ2n) is 9.28. The lowest BCUT2D eigenvalue weighted by molar-refractivity contribution is -0.134. The topological polar surface area (TPSA) is 32.8 Å². The lowest BCUT2D eigenvalue weighted by Crippen LogP contribution is -2.43. The van der Waals surface area contributed by atoms with Gasteiger partial charge >= 0.3 is 0 Å². The predicted molar refractivity (Wildman–Crippen MR) is 132 cm³/mol. The van der Waals surface area contributed by atoms with E-state index in [-0.39, 0.29) is 11.9 Å². The Bertz CT molecular complexity index is 896. The van der Waals surface area contributed by atoms with E-state index in [0.717, 1.165) is 31.3 Å². The first-order chi connectivity index (χ1) is 15.5.